The highest BCUT2D eigenvalue weighted by Gasteiger charge is 2.29. The van der Waals surface area contributed by atoms with Crippen LogP contribution in [0.15, 0.2) is 24.3 Å². The molecule has 156 valence electrons. The van der Waals surface area contributed by atoms with E-state index >= 15 is 0 Å². The molecule has 2 fully saturated rings. The highest BCUT2D eigenvalue weighted by molar-refractivity contribution is 7.17. The van der Waals surface area contributed by atoms with Crippen LogP contribution in [0.4, 0.5) is 4.39 Å². The highest BCUT2D eigenvalue weighted by atomic mass is 32.1. The van der Waals surface area contributed by atoms with E-state index in [4.69, 9.17) is 0 Å². The van der Waals surface area contributed by atoms with Crippen LogP contribution in [0.25, 0.3) is 10.6 Å². The molecule has 0 radical (unpaired) electrons. The molecule has 1 aromatic heterocycles. The van der Waals surface area contributed by atoms with Crippen LogP contribution in [0, 0.1) is 12.7 Å². The summed E-state index contributed by atoms with van der Waals surface area (Å²) in [4.78, 5) is 23.0. The SMILES string of the molecule is Cc1nc(-c2cccc(F)c2)sc1C(=O)N1CCC(N2CCCCCCC2)CC1. The van der Waals surface area contributed by atoms with Crippen molar-refractivity contribution in [1.29, 1.82) is 0 Å². The molecule has 0 spiro atoms. The Kier molecular flexibility index (Phi) is 6.60. The van der Waals surface area contributed by atoms with E-state index < -0.39 is 0 Å². The van der Waals surface area contributed by atoms with E-state index in [2.05, 4.69) is 9.88 Å². The van der Waals surface area contributed by atoms with E-state index in [1.807, 2.05) is 17.9 Å². The first kappa shape index (κ1) is 20.5. The predicted molar refractivity (Wildman–Crippen MR) is 116 cm³/mol. The normalized spacial score (nSPS) is 19.7. The van der Waals surface area contributed by atoms with Gasteiger partial charge in [0.25, 0.3) is 5.91 Å². The molecule has 0 N–H and O–H groups in total. The van der Waals surface area contributed by atoms with Gasteiger partial charge in [0.05, 0.1) is 5.69 Å². The maximum absolute atomic E-state index is 13.5. The number of nitrogens with zero attached hydrogens (tertiary/aromatic N) is 3. The number of carbonyl (C=O) groups excluding carboxylic acids is 1. The molecule has 0 bridgehead atoms. The molecule has 2 aromatic rings. The average Bonchev–Trinajstić information content (AvgIpc) is 3.09. The number of aromatic nitrogens is 1. The molecule has 2 aliphatic rings. The molecule has 2 saturated heterocycles. The van der Waals surface area contributed by atoms with Gasteiger partial charge in [-0.1, -0.05) is 31.4 Å². The van der Waals surface area contributed by atoms with Crippen molar-refractivity contribution in [3.05, 3.63) is 40.7 Å². The summed E-state index contributed by atoms with van der Waals surface area (Å²) in [6.07, 6.45) is 8.82. The molecule has 0 atom stereocenters. The van der Waals surface area contributed by atoms with Crippen molar-refractivity contribution in [2.45, 2.75) is 57.9 Å². The van der Waals surface area contributed by atoms with Gasteiger partial charge in [-0.2, -0.15) is 0 Å². The van der Waals surface area contributed by atoms with Gasteiger partial charge in [0.15, 0.2) is 0 Å². The summed E-state index contributed by atoms with van der Waals surface area (Å²) in [5.74, 6) is -0.205. The number of carbonyl (C=O) groups is 1. The maximum Gasteiger partial charge on any atom is 0.265 e. The Morgan fingerprint density at radius 3 is 2.45 bits per heavy atom. The fraction of sp³-hybridized carbons (Fsp3) is 0.565. The third kappa shape index (κ3) is 4.86. The van der Waals surface area contributed by atoms with Crippen molar-refractivity contribution >= 4 is 17.2 Å². The number of rotatable bonds is 3. The van der Waals surface area contributed by atoms with E-state index in [0.717, 1.165) is 37.2 Å². The summed E-state index contributed by atoms with van der Waals surface area (Å²) in [5, 5.41) is 0.709. The molecule has 2 aliphatic heterocycles. The zero-order chi connectivity index (χ0) is 20.2. The van der Waals surface area contributed by atoms with E-state index in [9.17, 15) is 9.18 Å². The standard InChI is InChI=1S/C23H30FN3OS/c1-17-21(29-22(25-17)18-8-7-9-19(24)16-18)23(28)27-14-10-20(11-15-27)26-12-5-3-2-4-6-13-26/h7-9,16,20H,2-6,10-15H2,1H3. The zero-order valence-electron chi connectivity index (χ0n) is 17.2. The topological polar surface area (TPSA) is 36.4 Å². The highest BCUT2D eigenvalue weighted by Crippen LogP contribution is 2.30. The number of amides is 1. The van der Waals surface area contributed by atoms with Crippen LogP contribution in [0.2, 0.25) is 0 Å². The lowest BCUT2D eigenvalue weighted by Gasteiger charge is -2.39. The summed E-state index contributed by atoms with van der Waals surface area (Å²) in [7, 11) is 0. The van der Waals surface area contributed by atoms with Crippen LogP contribution in [0.5, 0.6) is 0 Å². The quantitative estimate of drug-likeness (QED) is 0.697. The molecule has 1 aromatic carbocycles. The van der Waals surface area contributed by atoms with Crippen molar-refractivity contribution < 1.29 is 9.18 Å². The average molecular weight is 416 g/mol. The lowest BCUT2D eigenvalue weighted by molar-refractivity contribution is 0.0611. The molecule has 0 unspecified atom stereocenters. The minimum Gasteiger partial charge on any atom is -0.338 e. The van der Waals surface area contributed by atoms with Gasteiger partial charge >= 0.3 is 0 Å². The third-order valence-electron chi connectivity index (χ3n) is 6.22. The first-order valence-electron chi connectivity index (χ1n) is 10.9. The number of benzene rings is 1. The smallest absolute Gasteiger partial charge is 0.265 e. The number of aryl methyl sites for hydroxylation is 1. The summed E-state index contributed by atoms with van der Waals surface area (Å²) in [6.45, 7) is 5.92. The maximum atomic E-state index is 13.5. The molecule has 29 heavy (non-hydrogen) atoms. The molecule has 3 heterocycles. The van der Waals surface area contributed by atoms with Crippen LogP contribution in [0.3, 0.4) is 0 Å². The van der Waals surface area contributed by atoms with Gasteiger partial charge < -0.3 is 9.80 Å². The summed E-state index contributed by atoms with van der Waals surface area (Å²) in [6, 6.07) is 7.03. The Hall–Kier alpha value is -1.79. The minimum absolute atomic E-state index is 0.0776. The Morgan fingerprint density at radius 2 is 1.76 bits per heavy atom. The van der Waals surface area contributed by atoms with Crippen molar-refractivity contribution in [3.63, 3.8) is 0 Å². The van der Waals surface area contributed by atoms with Crippen molar-refractivity contribution in [3.8, 4) is 10.6 Å². The van der Waals surface area contributed by atoms with Gasteiger partial charge in [-0.3, -0.25) is 4.79 Å². The molecular formula is C23H30FN3OS. The molecule has 1 amide bonds. The van der Waals surface area contributed by atoms with Crippen LogP contribution in [-0.4, -0.2) is 52.9 Å². The van der Waals surface area contributed by atoms with Gasteiger partial charge in [0.2, 0.25) is 0 Å². The summed E-state index contributed by atoms with van der Waals surface area (Å²) >= 11 is 1.38. The largest absolute Gasteiger partial charge is 0.338 e. The molecule has 4 nitrogen and oxygen atoms in total. The number of likely N-dealkylation sites (tertiary alicyclic amines) is 2. The van der Waals surface area contributed by atoms with E-state index in [1.165, 1.54) is 68.7 Å². The second-order valence-electron chi connectivity index (χ2n) is 8.27. The number of halogens is 1. The third-order valence-corrected chi connectivity index (χ3v) is 7.42. The number of hydrogen-bond acceptors (Lipinski definition) is 4. The minimum atomic E-state index is -0.283. The van der Waals surface area contributed by atoms with Gasteiger partial charge in [0, 0.05) is 24.7 Å². The van der Waals surface area contributed by atoms with Crippen LogP contribution in [-0.2, 0) is 0 Å². The van der Waals surface area contributed by atoms with E-state index in [-0.39, 0.29) is 11.7 Å². The lowest BCUT2D eigenvalue weighted by Crippen LogP contribution is -2.47. The number of hydrogen-bond donors (Lipinski definition) is 0. The van der Waals surface area contributed by atoms with Gasteiger partial charge in [-0.25, -0.2) is 9.37 Å². The first-order chi connectivity index (χ1) is 14.1. The summed E-state index contributed by atoms with van der Waals surface area (Å²) < 4.78 is 13.5. The van der Waals surface area contributed by atoms with Crippen molar-refractivity contribution in [1.82, 2.24) is 14.8 Å². The Morgan fingerprint density at radius 1 is 1.07 bits per heavy atom. The van der Waals surface area contributed by atoms with Crippen molar-refractivity contribution in [2.75, 3.05) is 26.2 Å². The molecule has 0 saturated carbocycles. The molecule has 6 heteroatoms. The van der Waals surface area contributed by atoms with Crippen LogP contribution >= 0.6 is 11.3 Å². The predicted octanol–water partition coefficient (Wildman–Crippen LogP) is 5.13. The van der Waals surface area contributed by atoms with Crippen LogP contribution in [0.1, 0.15) is 60.3 Å². The monoisotopic (exact) mass is 415 g/mol. The van der Waals surface area contributed by atoms with E-state index in [1.54, 1.807) is 6.07 Å². The first-order valence-corrected chi connectivity index (χ1v) is 11.7. The number of piperidine rings is 1. The van der Waals surface area contributed by atoms with Gasteiger partial charge in [0.1, 0.15) is 15.7 Å². The number of thiazole rings is 1. The second kappa shape index (κ2) is 9.35. The zero-order valence-corrected chi connectivity index (χ0v) is 18.0. The van der Waals surface area contributed by atoms with Crippen LogP contribution < -0.4 is 0 Å². The molecule has 0 aliphatic carbocycles. The molecular weight excluding hydrogens is 385 g/mol. The lowest BCUT2D eigenvalue weighted by atomic mass is 10.00. The molecule has 4 rings (SSSR count). The Balaban J connectivity index is 1.39. The summed E-state index contributed by atoms with van der Waals surface area (Å²) in [5.41, 5.74) is 1.47. The van der Waals surface area contributed by atoms with Gasteiger partial charge in [-0.05, 0) is 57.8 Å². The Bertz CT molecular complexity index is 836. The Labute approximate surface area is 176 Å². The fourth-order valence-corrected chi connectivity index (χ4v) is 5.59. The second-order valence-corrected chi connectivity index (χ2v) is 9.27. The van der Waals surface area contributed by atoms with Gasteiger partial charge in [-0.15, -0.1) is 11.3 Å². The van der Waals surface area contributed by atoms with E-state index in [0.29, 0.717) is 15.9 Å². The van der Waals surface area contributed by atoms with Crippen molar-refractivity contribution in [2.24, 2.45) is 0 Å². The fourth-order valence-electron chi connectivity index (χ4n) is 4.55.